The maximum Gasteiger partial charge on any atom is 0.337 e. The van der Waals surface area contributed by atoms with Gasteiger partial charge >= 0.3 is 5.97 Å². The first-order valence-corrected chi connectivity index (χ1v) is 6.19. The lowest BCUT2D eigenvalue weighted by Crippen LogP contribution is -2.21. The number of carbonyl (C=O) groups is 2. The second-order valence-electron chi connectivity index (χ2n) is 4.47. The maximum absolute atomic E-state index is 11.9. The Hall–Kier alpha value is -2.44. The Labute approximate surface area is 115 Å². The maximum atomic E-state index is 11.9. The van der Waals surface area contributed by atoms with Crippen LogP contribution in [0.3, 0.4) is 0 Å². The predicted octanol–water partition coefficient (Wildman–Crippen LogP) is 2.67. The average molecular weight is 280 g/mol. The van der Waals surface area contributed by atoms with Crippen LogP contribution in [0.25, 0.3) is 0 Å². The Kier molecular flexibility index (Phi) is 5.19. The number of nitrogens with zero attached hydrogens (tertiary/aromatic N) is 1. The van der Waals surface area contributed by atoms with Gasteiger partial charge in [-0.2, -0.15) is 0 Å². The highest BCUT2D eigenvalue weighted by Gasteiger charge is 2.19. The molecule has 1 aromatic rings. The molecule has 1 rings (SSSR count). The van der Waals surface area contributed by atoms with Crippen molar-refractivity contribution < 1.29 is 19.6 Å². The normalized spacial score (nSPS) is 11.7. The summed E-state index contributed by atoms with van der Waals surface area (Å²) in [6.07, 6.45) is 1.47. The molecule has 20 heavy (non-hydrogen) atoms. The smallest absolute Gasteiger partial charge is 0.337 e. The average Bonchev–Trinajstić information content (AvgIpc) is 2.38. The van der Waals surface area contributed by atoms with Crippen molar-refractivity contribution in [2.45, 2.75) is 26.7 Å². The number of non-ortho nitro benzene ring substituents is 1. The number of amides is 1. The van der Waals surface area contributed by atoms with Crippen molar-refractivity contribution >= 4 is 23.3 Å². The number of nitrogens with one attached hydrogen (secondary N) is 1. The predicted molar refractivity (Wildman–Crippen MR) is 72.8 cm³/mol. The largest absolute Gasteiger partial charge is 0.478 e. The van der Waals surface area contributed by atoms with Gasteiger partial charge in [-0.05, 0) is 12.5 Å². The Morgan fingerprint density at radius 1 is 1.45 bits per heavy atom. The summed E-state index contributed by atoms with van der Waals surface area (Å²) in [5, 5.41) is 22.2. The summed E-state index contributed by atoms with van der Waals surface area (Å²) in [5.41, 5.74) is -0.499. The van der Waals surface area contributed by atoms with Crippen molar-refractivity contribution in [3.8, 4) is 0 Å². The van der Waals surface area contributed by atoms with Gasteiger partial charge in [0, 0.05) is 18.1 Å². The summed E-state index contributed by atoms with van der Waals surface area (Å²) < 4.78 is 0. The van der Waals surface area contributed by atoms with Crippen LogP contribution in [-0.4, -0.2) is 21.9 Å². The lowest BCUT2D eigenvalue weighted by Gasteiger charge is -2.12. The minimum atomic E-state index is -1.25. The summed E-state index contributed by atoms with van der Waals surface area (Å²) in [6.45, 7) is 3.65. The van der Waals surface area contributed by atoms with Crippen LogP contribution in [0.2, 0.25) is 0 Å². The molecule has 0 saturated heterocycles. The van der Waals surface area contributed by atoms with Crippen molar-refractivity contribution in [3.05, 3.63) is 33.9 Å². The molecule has 0 spiro atoms. The number of carboxylic acids is 1. The van der Waals surface area contributed by atoms with E-state index in [4.69, 9.17) is 5.11 Å². The molecule has 0 aliphatic carbocycles. The van der Waals surface area contributed by atoms with Crippen LogP contribution in [0.1, 0.15) is 37.0 Å². The molecule has 108 valence electrons. The number of hydrogen-bond acceptors (Lipinski definition) is 4. The zero-order chi connectivity index (χ0) is 15.3. The highest BCUT2D eigenvalue weighted by Crippen LogP contribution is 2.23. The van der Waals surface area contributed by atoms with Crippen molar-refractivity contribution in [3.63, 3.8) is 0 Å². The van der Waals surface area contributed by atoms with E-state index in [1.54, 1.807) is 6.92 Å². The van der Waals surface area contributed by atoms with Crippen molar-refractivity contribution in [2.75, 3.05) is 5.32 Å². The molecule has 0 heterocycles. The van der Waals surface area contributed by atoms with Gasteiger partial charge in [-0.3, -0.25) is 14.9 Å². The van der Waals surface area contributed by atoms with E-state index in [0.29, 0.717) is 6.42 Å². The summed E-state index contributed by atoms with van der Waals surface area (Å²) in [7, 11) is 0. The van der Waals surface area contributed by atoms with Gasteiger partial charge in [0.15, 0.2) is 0 Å². The number of carboxylic acid groups (broad SMARTS) is 1. The Morgan fingerprint density at radius 2 is 2.10 bits per heavy atom. The van der Waals surface area contributed by atoms with E-state index in [-0.39, 0.29) is 28.8 Å². The van der Waals surface area contributed by atoms with Crippen LogP contribution < -0.4 is 5.32 Å². The molecule has 0 bridgehead atoms. The lowest BCUT2D eigenvalue weighted by atomic mass is 10.0. The molecule has 2 N–H and O–H groups in total. The molecule has 1 amide bonds. The molecule has 7 nitrogen and oxygen atoms in total. The number of nitro groups is 1. The van der Waals surface area contributed by atoms with Crippen molar-refractivity contribution in [1.29, 1.82) is 0 Å². The highest BCUT2D eigenvalue weighted by atomic mass is 16.6. The minimum Gasteiger partial charge on any atom is -0.478 e. The van der Waals surface area contributed by atoms with E-state index < -0.39 is 10.9 Å². The molecule has 0 aromatic heterocycles. The summed E-state index contributed by atoms with van der Waals surface area (Å²) >= 11 is 0. The first-order valence-electron chi connectivity index (χ1n) is 6.19. The second-order valence-corrected chi connectivity index (χ2v) is 4.47. The summed E-state index contributed by atoms with van der Waals surface area (Å²) in [6, 6.07) is 3.26. The molecule has 1 aromatic carbocycles. The van der Waals surface area contributed by atoms with E-state index >= 15 is 0 Å². The SMILES string of the molecule is CCCC(C)C(=O)Nc1cc([N+](=O)[O-])ccc1C(=O)O. The first kappa shape index (κ1) is 15.6. The van der Waals surface area contributed by atoms with Gasteiger partial charge in [-0.15, -0.1) is 0 Å². The molecular weight excluding hydrogens is 264 g/mol. The molecule has 0 radical (unpaired) electrons. The second kappa shape index (κ2) is 6.65. The van der Waals surface area contributed by atoms with Gasteiger partial charge in [0.1, 0.15) is 0 Å². The Balaban J connectivity index is 3.07. The van der Waals surface area contributed by atoms with Gasteiger partial charge in [-0.25, -0.2) is 4.79 Å². The fourth-order valence-electron chi connectivity index (χ4n) is 1.76. The van der Waals surface area contributed by atoms with Crippen LogP contribution >= 0.6 is 0 Å². The number of carbonyl (C=O) groups excluding carboxylic acids is 1. The highest BCUT2D eigenvalue weighted by molar-refractivity contribution is 6.01. The molecule has 7 heteroatoms. The quantitative estimate of drug-likeness (QED) is 0.615. The molecule has 0 saturated carbocycles. The van der Waals surface area contributed by atoms with E-state index in [9.17, 15) is 19.7 Å². The van der Waals surface area contributed by atoms with Crippen LogP contribution in [0.15, 0.2) is 18.2 Å². The van der Waals surface area contributed by atoms with Gasteiger partial charge in [0.05, 0.1) is 16.2 Å². The Morgan fingerprint density at radius 3 is 2.60 bits per heavy atom. The van der Waals surface area contributed by atoms with Gasteiger partial charge < -0.3 is 10.4 Å². The third kappa shape index (κ3) is 3.78. The zero-order valence-corrected chi connectivity index (χ0v) is 11.3. The van der Waals surface area contributed by atoms with E-state index in [2.05, 4.69) is 5.32 Å². The van der Waals surface area contributed by atoms with Crippen LogP contribution in [-0.2, 0) is 4.79 Å². The van der Waals surface area contributed by atoms with Crippen molar-refractivity contribution in [2.24, 2.45) is 5.92 Å². The number of anilines is 1. The Bertz CT molecular complexity index is 542. The van der Waals surface area contributed by atoms with Crippen LogP contribution in [0.4, 0.5) is 11.4 Å². The number of rotatable bonds is 6. The molecule has 0 aliphatic rings. The van der Waals surface area contributed by atoms with Crippen LogP contribution in [0.5, 0.6) is 0 Å². The van der Waals surface area contributed by atoms with E-state index in [1.165, 1.54) is 0 Å². The number of hydrogen-bond donors (Lipinski definition) is 2. The van der Waals surface area contributed by atoms with E-state index in [1.807, 2.05) is 6.92 Å². The third-order valence-electron chi connectivity index (χ3n) is 2.87. The molecule has 1 unspecified atom stereocenters. The monoisotopic (exact) mass is 280 g/mol. The van der Waals surface area contributed by atoms with Gasteiger partial charge in [-0.1, -0.05) is 20.3 Å². The molecule has 0 fully saturated rings. The minimum absolute atomic E-state index is 0.0559. The number of aromatic carboxylic acids is 1. The van der Waals surface area contributed by atoms with Crippen molar-refractivity contribution in [1.82, 2.24) is 0 Å². The third-order valence-corrected chi connectivity index (χ3v) is 2.87. The summed E-state index contributed by atoms with van der Waals surface area (Å²) in [5.74, 6) is -1.89. The number of nitro benzene ring substituents is 1. The van der Waals surface area contributed by atoms with Gasteiger partial charge in [0.2, 0.25) is 5.91 Å². The molecule has 0 aliphatic heterocycles. The standard InChI is InChI=1S/C13H16N2O5/c1-3-4-8(2)12(16)14-11-7-9(15(19)20)5-6-10(11)13(17)18/h5-8H,3-4H2,1-2H3,(H,14,16)(H,17,18). The summed E-state index contributed by atoms with van der Waals surface area (Å²) in [4.78, 5) is 33.0. The fourth-order valence-corrected chi connectivity index (χ4v) is 1.76. The van der Waals surface area contributed by atoms with Gasteiger partial charge in [0.25, 0.3) is 5.69 Å². The zero-order valence-electron chi connectivity index (χ0n) is 11.3. The van der Waals surface area contributed by atoms with E-state index in [0.717, 1.165) is 24.6 Å². The lowest BCUT2D eigenvalue weighted by molar-refractivity contribution is -0.384. The number of benzene rings is 1. The first-order chi connectivity index (χ1) is 9.36. The molecular formula is C13H16N2O5. The molecule has 1 atom stereocenters. The topological polar surface area (TPSA) is 110 Å². The fraction of sp³-hybridized carbons (Fsp3) is 0.385. The van der Waals surface area contributed by atoms with Crippen LogP contribution in [0, 0.1) is 16.0 Å².